The zero-order chi connectivity index (χ0) is 23.1. The molecule has 8 nitrogen and oxygen atoms in total. The first kappa shape index (κ1) is 24.0. The SMILES string of the molecule is COc1cc(Br)ccc1CCC(=O)NC(CNS(=O)(=O)c1cnn(C)c1)c1ccccc1. The predicted octanol–water partition coefficient (Wildman–Crippen LogP) is 2.96. The molecular formula is C22H25BrN4O4S. The second-order valence-corrected chi connectivity index (χ2v) is 9.87. The van der Waals surface area contributed by atoms with Crippen molar-refractivity contribution in [3.8, 4) is 5.75 Å². The van der Waals surface area contributed by atoms with E-state index in [-0.39, 0.29) is 23.8 Å². The van der Waals surface area contributed by atoms with Crippen molar-refractivity contribution in [2.75, 3.05) is 13.7 Å². The molecule has 1 aromatic heterocycles. The Bertz CT molecular complexity index is 1170. The van der Waals surface area contributed by atoms with E-state index in [0.717, 1.165) is 15.6 Å². The van der Waals surface area contributed by atoms with Gasteiger partial charge in [-0.2, -0.15) is 5.10 Å². The molecule has 3 aromatic rings. The number of rotatable bonds is 10. The summed E-state index contributed by atoms with van der Waals surface area (Å²) < 4.78 is 35.4. The zero-order valence-electron chi connectivity index (χ0n) is 17.8. The van der Waals surface area contributed by atoms with Gasteiger partial charge in [0.1, 0.15) is 10.6 Å². The summed E-state index contributed by atoms with van der Waals surface area (Å²) in [6.07, 6.45) is 3.43. The molecule has 0 aliphatic carbocycles. The fraction of sp³-hybridized carbons (Fsp3) is 0.273. The Kier molecular flexibility index (Phi) is 8.05. The van der Waals surface area contributed by atoms with Gasteiger partial charge in [0.2, 0.25) is 15.9 Å². The minimum absolute atomic E-state index is 0.00852. The second kappa shape index (κ2) is 10.8. The molecule has 3 rings (SSSR count). The summed E-state index contributed by atoms with van der Waals surface area (Å²) >= 11 is 3.41. The number of aryl methyl sites for hydroxylation is 2. The first-order valence-corrected chi connectivity index (χ1v) is 12.2. The quantitative estimate of drug-likeness (QED) is 0.427. The van der Waals surface area contributed by atoms with Crippen LogP contribution in [0, 0.1) is 0 Å². The standard InChI is InChI=1S/C22H25BrN4O4S/c1-27-15-19(13-24-27)32(29,30)25-14-20(16-6-4-3-5-7-16)26-22(28)11-9-17-8-10-18(23)12-21(17)31-2/h3-8,10,12-13,15,20,25H,9,11,14H2,1-2H3,(H,26,28). The number of sulfonamides is 1. The maximum atomic E-state index is 12.7. The van der Waals surface area contributed by atoms with E-state index in [1.807, 2.05) is 48.5 Å². The number of nitrogens with zero attached hydrogens (tertiary/aromatic N) is 2. The van der Waals surface area contributed by atoms with Crippen LogP contribution >= 0.6 is 15.9 Å². The Morgan fingerprint density at radius 3 is 2.62 bits per heavy atom. The van der Waals surface area contributed by atoms with Crippen LogP contribution < -0.4 is 14.8 Å². The van der Waals surface area contributed by atoms with Crippen LogP contribution in [0.5, 0.6) is 5.75 Å². The summed E-state index contributed by atoms with van der Waals surface area (Å²) in [4.78, 5) is 12.8. The summed E-state index contributed by atoms with van der Waals surface area (Å²) in [6, 6.07) is 14.4. The molecule has 0 saturated heterocycles. The van der Waals surface area contributed by atoms with Crippen LogP contribution in [0.2, 0.25) is 0 Å². The third-order valence-corrected chi connectivity index (χ3v) is 6.75. The molecule has 0 radical (unpaired) electrons. The van der Waals surface area contributed by atoms with Crippen LogP contribution in [0.25, 0.3) is 0 Å². The van der Waals surface area contributed by atoms with E-state index in [0.29, 0.717) is 12.2 Å². The van der Waals surface area contributed by atoms with Gasteiger partial charge < -0.3 is 10.1 Å². The molecule has 2 N–H and O–H groups in total. The van der Waals surface area contributed by atoms with Crippen LogP contribution in [0.4, 0.5) is 0 Å². The molecule has 1 amide bonds. The lowest BCUT2D eigenvalue weighted by atomic mass is 10.1. The third kappa shape index (κ3) is 6.41. The molecule has 2 aromatic carbocycles. The highest BCUT2D eigenvalue weighted by Gasteiger charge is 2.21. The first-order valence-electron chi connectivity index (χ1n) is 9.93. The van der Waals surface area contributed by atoms with Crippen molar-refractivity contribution in [3.05, 3.63) is 76.5 Å². The molecule has 0 saturated carbocycles. The lowest BCUT2D eigenvalue weighted by Gasteiger charge is -2.20. The summed E-state index contributed by atoms with van der Waals surface area (Å²) in [5, 5.41) is 6.85. The molecule has 1 unspecified atom stereocenters. The van der Waals surface area contributed by atoms with Crippen molar-refractivity contribution in [3.63, 3.8) is 0 Å². The molecule has 10 heteroatoms. The van der Waals surface area contributed by atoms with Crippen molar-refractivity contribution < 1.29 is 17.9 Å². The first-order chi connectivity index (χ1) is 15.3. The van der Waals surface area contributed by atoms with Gasteiger partial charge in [-0.15, -0.1) is 0 Å². The maximum Gasteiger partial charge on any atom is 0.243 e. The number of carbonyl (C=O) groups is 1. The monoisotopic (exact) mass is 520 g/mol. The number of nitrogens with one attached hydrogen (secondary N) is 2. The minimum atomic E-state index is -3.75. The van der Waals surface area contributed by atoms with Gasteiger partial charge in [0.05, 0.1) is 19.3 Å². The Morgan fingerprint density at radius 2 is 1.97 bits per heavy atom. The molecule has 0 spiro atoms. The maximum absolute atomic E-state index is 12.7. The molecule has 0 bridgehead atoms. The molecule has 0 aliphatic heterocycles. The lowest BCUT2D eigenvalue weighted by molar-refractivity contribution is -0.121. The van der Waals surface area contributed by atoms with E-state index in [4.69, 9.17) is 4.74 Å². The van der Waals surface area contributed by atoms with E-state index >= 15 is 0 Å². The van der Waals surface area contributed by atoms with Gasteiger partial charge in [-0.3, -0.25) is 9.48 Å². The number of aromatic nitrogens is 2. The Morgan fingerprint density at radius 1 is 1.22 bits per heavy atom. The van der Waals surface area contributed by atoms with Crippen molar-refractivity contribution >= 4 is 31.9 Å². The van der Waals surface area contributed by atoms with Crippen molar-refractivity contribution in [2.24, 2.45) is 7.05 Å². The second-order valence-electron chi connectivity index (χ2n) is 7.19. The number of methoxy groups -OCH3 is 1. The summed E-state index contributed by atoms with van der Waals surface area (Å²) in [7, 11) is -0.519. The Labute approximate surface area is 196 Å². The van der Waals surface area contributed by atoms with Crippen molar-refractivity contribution in [1.82, 2.24) is 19.8 Å². The molecule has 0 aliphatic rings. The molecule has 32 heavy (non-hydrogen) atoms. The molecule has 0 fully saturated rings. The third-order valence-electron chi connectivity index (χ3n) is 4.88. The topological polar surface area (TPSA) is 102 Å². The largest absolute Gasteiger partial charge is 0.496 e. The smallest absolute Gasteiger partial charge is 0.243 e. The summed E-state index contributed by atoms with van der Waals surface area (Å²) in [5.74, 6) is 0.514. The van der Waals surface area contributed by atoms with Gasteiger partial charge in [-0.05, 0) is 29.7 Å². The molecule has 170 valence electrons. The van der Waals surface area contributed by atoms with Crippen molar-refractivity contribution in [2.45, 2.75) is 23.8 Å². The zero-order valence-corrected chi connectivity index (χ0v) is 20.2. The van der Waals surface area contributed by atoms with Gasteiger partial charge in [0, 0.05) is 30.7 Å². The number of benzene rings is 2. The van der Waals surface area contributed by atoms with E-state index in [2.05, 4.69) is 31.1 Å². The highest BCUT2D eigenvalue weighted by atomic mass is 79.9. The Hall–Kier alpha value is -2.69. The van der Waals surface area contributed by atoms with Gasteiger partial charge in [-0.1, -0.05) is 52.3 Å². The van der Waals surface area contributed by atoms with Crippen LogP contribution in [0.15, 0.2) is 70.3 Å². The normalized spacial score (nSPS) is 12.3. The van der Waals surface area contributed by atoms with Gasteiger partial charge in [-0.25, -0.2) is 13.1 Å². The number of ether oxygens (including phenoxy) is 1. The molecule has 1 atom stereocenters. The number of hydrogen-bond acceptors (Lipinski definition) is 5. The fourth-order valence-electron chi connectivity index (χ4n) is 3.19. The van der Waals surface area contributed by atoms with E-state index in [9.17, 15) is 13.2 Å². The number of hydrogen-bond donors (Lipinski definition) is 2. The number of amides is 1. The van der Waals surface area contributed by atoms with E-state index < -0.39 is 16.1 Å². The van der Waals surface area contributed by atoms with Gasteiger partial charge in [0.15, 0.2) is 0 Å². The molecular weight excluding hydrogens is 496 g/mol. The minimum Gasteiger partial charge on any atom is -0.496 e. The summed E-state index contributed by atoms with van der Waals surface area (Å²) in [5.41, 5.74) is 1.72. The van der Waals surface area contributed by atoms with Crippen LogP contribution in [-0.4, -0.2) is 37.8 Å². The lowest BCUT2D eigenvalue weighted by Crippen LogP contribution is -2.38. The van der Waals surface area contributed by atoms with Gasteiger partial charge in [0.25, 0.3) is 0 Å². The van der Waals surface area contributed by atoms with Crippen LogP contribution in [-0.2, 0) is 28.3 Å². The number of halogens is 1. The van der Waals surface area contributed by atoms with Crippen LogP contribution in [0.1, 0.15) is 23.6 Å². The predicted molar refractivity (Wildman–Crippen MR) is 125 cm³/mol. The highest BCUT2D eigenvalue weighted by Crippen LogP contribution is 2.24. The fourth-order valence-corrected chi connectivity index (χ4v) is 4.56. The van der Waals surface area contributed by atoms with Gasteiger partial charge >= 0.3 is 0 Å². The Balaban J connectivity index is 1.67. The molecule has 1 heterocycles. The van der Waals surface area contributed by atoms with E-state index in [1.54, 1.807) is 14.2 Å². The number of carbonyl (C=O) groups excluding carboxylic acids is 1. The average molecular weight is 521 g/mol. The highest BCUT2D eigenvalue weighted by molar-refractivity contribution is 9.10. The summed E-state index contributed by atoms with van der Waals surface area (Å²) in [6.45, 7) is 0.00852. The van der Waals surface area contributed by atoms with E-state index in [1.165, 1.54) is 17.1 Å². The van der Waals surface area contributed by atoms with Crippen LogP contribution in [0.3, 0.4) is 0 Å². The average Bonchev–Trinajstić information content (AvgIpc) is 3.23. The van der Waals surface area contributed by atoms with Crippen molar-refractivity contribution in [1.29, 1.82) is 0 Å².